The van der Waals surface area contributed by atoms with Gasteiger partial charge < -0.3 is 14.5 Å². The third-order valence-corrected chi connectivity index (χ3v) is 4.75. The average molecular weight is 370 g/mol. The van der Waals surface area contributed by atoms with Gasteiger partial charge in [-0.3, -0.25) is 4.79 Å². The van der Waals surface area contributed by atoms with Crippen molar-refractivity contribution in [3.63, 3.8) is 0 Å². The standard InChI is InChI=1S/C16H19FN2O5S/c1-18-25(21,22)13-5-6-15(17)14(10-13)16(20)19-7-3-8-23-11-12-4-2-9-24-12/h2,4-6,9-10,18H,3,7-8,11H2,1H3,(H,19,20). The Morgan fingerprint density at radius 3 is 2.80 bits per heavy atom. The van der Waals surface area contributed by atoms with E-state index in [-0.39, 0.29) is 17.0 Å². The molecule has 25 heavy (non-hydrogen) atoms. The van der Waals surface area contributed by atoms with Crippen LogP contribution in [0.4, 0.5) is 4.39 Å². The number of sulfonamides is 1. The van der Waals surface area contributed by atoms with Crippen LogP contribution in [0.5, 0.6) is 0 Å². The molecule has 0 aliphatic heterocycles. The van der Waals surface area contributed by atoms with Crippen molar-refractivity contribution < 1.29 is 26.8 Å². The van der Waals surface area contributed by atoms with Gasteiger partial charge in [0.25, 0.3) is 5.91 Å². The van der Waals surface area contributed by atoms with Crippen molar-refractivity contribution >= 4 is 15.9 Å². The van der Waals surface area contributed by atoms with E-state index in [1.807, 2.05) is 0 Å². The Labute approximate surface area is 145 Å². The summed E-state index contributed by atoms with van der Waals surface area (Å²) in [5.74, 6) is -0.771. The van der Waals surface area contributed by atoms with E-state index in [0.717, 1.165) is 18.2 Å². The maximum atomic E-state index is 13.8. The number of furan rings is 1. The molecule has 2 aromatic rings. The Morgan fingerprint density at radius 2 is 2.12 bits per heavy atom. The molecule has 136 valence electrons. The first-order valence-corrected chi connectivity index (χ1v) is 9.04. The van der Waals surface area contributed by atoms with Gasteiger partial charge in [-0.2, -0.15) is 0 Å². The van der Waals surface area contributed by atoms with Gasteiger partial charge in [0.2, 0.25) is 10.0 Å². The normalized spacial score (nSPS) is 11.4. The number of hydrogen-bond donors (Lipinski definition) is 2. The van der Waals surface area contributed by atoms with Crippen LogP contribution in [0.25, 0.3) is 0 Å². The molecule has 9 heteroatoms. The van der Waals surface area contributed by atoms with E-state index in [9.17, 15) is 17.6 Å². The lowest BCUT2D eigenvalue weighted by Gasteiger charge is -2.08. The molecule has 0 unspecified atom stereocenters. The number of benzene rings is 1. The summed E-state index contributed by atoms with van der Waals surface area (Å²) in [5.41, 5.74) is -0.326. The van der Waals surface area contributed by atoms with Crippen molar-refractivity contribution in [2.45, 2.75) is 17.9 Å². The first-order valence-electron chi connectivity index (χ1n) is 7.55. The monoisotopic (exact) mass is 370 g/mol. The van der Waals surface area contributed by atoms with E-state index in [1.165, 1.54) is 7.05 Å². The average Bonchev–Trinajstić information content (AvgIpc) is 3.11. The topological polar surface area (TPSA) is 97.6 Å². The van der Waals surface area contributed by atoms with E-state index >= 15 is 0 Å². The smallest absolute Gasteiger partial charge is 0.254 e. The zero-order valence-electron chi connectivity index (χ0n) is 13.6. The summed E-state index contributed by atoms with van der Waals surface area (Å²) in [7, 11) is -2.51. The van der Waals surface area contributed by atoms with Gasteiger partial charge in [-0.25, -0.2) is 17.5 Å². The van der Waals surface area contributed by atoms with Gasteiger partial charge in [-0.15, -0.1) is 0 Å². The molecule has 0 saturated carbocycles. The fourth-order valence-corrected chi connectivity index (χ4v) is 2.76. The molecule has 0 fully saturated rings. The van der Waals surface area contributed by atoms with Crippen LogP contribution in [0.2, 0.25) is 0 Å². The van der Waals surface area contributed by atoms with Crippen molar-refractivity contribution in [2.24, 2.45) is 0 Å². The third-order valence-electron chi connectivity index (χ3n) is 3.34. The molecule has 0 saturated heterocycles. The van der Waals surface area contributed by atoms with Crippen LogP contribution in [0, 0.1) is 5.82 Å². The van der Waals surface area contributed by atoms with E-state index in [4.69, 9.17) is 9.15 Å². The Hall–Kier alpha value is -2.23. The minimum Gasteiger partial charge on any atom is -0.467 e. The molecule has 1 aromatic heterocycles. The molecule has 1 heterocycles. The molecule has 0 spiro atoms. The second-order valence-corrected chi connectivity index (χ2v) is 6.98. The van der Waals surface area contributed by atoms with Crippen molar-refractivity contribution in [1.82, 2.24) is 10.0 Å². The predicted molar refractivity (Wildman–Crippen MR) is 88.0 cm³/mol. The SMILES string of the molecule is CNS(=O)(=O)c1ccc(F)c(C(=O)NCCCOCc2ccco2)c1. The third kappa shape index (κ3) is 5.38. The van der Waals surface area contributed by atoms with Crippen LogP contribution in [0.15, 0.2) is 45.9 Å². The summed E-state index contributed by atoms with van der Waals surface area (Å²) >= 11 is 0. The molecule has 2 rings (SSSR count). The quantitative estimate of drug-likeness (QED) is 0.655. The summed E-state index contributed by atoms with van der Waals surface area (Å²) in [6.45, 7) is 0.983. The molecule has 0 bridgehead atoms. The zero-order valence-corrected chi connectivity index (χ0v) is 14.4. The number of halogens is 1. The molecule has 2 N–H and O–H groups in total. The number of carbonyl (C=O) groups excluding carboxylic acids is 1. The van der Waals surface area contributed by atoms with Crippen molar-refractivity contribution in [3.05, 3.63) is 53.7 Å². The zero-order chi connectivity index (χ0) is 18.3. The summed E-state index contributed by atoms with van der Waals surface area (Å²) in [4.78, 5) is 11.9. The molecule has 0 aliphatic rings. The fourth-order valence-electron chi connectivity index (χ4n) is 2.00. The summed E-state index contributed by atoms with van der Waals surface area (Å²) < 4.78 is 49.8. The number of ether oxygens (including phenoxy) is 1. The molecule has 0 aliphatic carbocycles. The van der Waals surface area contributed by atoms with Gasteiger partial charge >= 0.3 is 0 Å². The van der Waals surface area contributed by atoms with Crippen LogP contribution >= 0.6 is 0 Å². The number of amides is 1. The van der Waals surface area contributed by atoms with Gasteiger partial charge in [-0.1, -0.05) is 0 Å². The highest BCUT2D eigenvalue weighted by Gasteiger charge is 2.18. The van der Waals surface area contributed by atoms with Gasteiger partial charge in [0, 0.05) is 13.2 Å². The second kappa shape index (κ2) is 8.75. The lowest BCUT2D eigenvalue weighted by Crippen LogP contribution is -2.27. The largest absolute Gasteiger partial charge is 0.467 e. The Balaban J connectivity index is 1.83. The van der Waals surface area contributed by atoms with Crippen LogP contribution in [-0.4, -0.2) is 34.5 Å². The molecule has 7 nitrogen and oxygen atoms in total. The Kier molecular flexibility index (Phi) is 6.68. The van der Waals surface area contributed by atoms with Gasteiger partial charge in [-0.05, 0) is 43.8 Å². The minimum atomic E-state index is -3.75. The van der Waals surface area contributed by atoms with Crippen LogP contribution < -0.4 is 10.0 Å². The number of nitrogens with one attached hydrogen (secondary N) is 2. The maximum absolute atomic E-state index is 13.8. The van der Waals surface area contributed by atoms with Crippen LogP contribution in [0.3, 0.4) is 0 Å². The minimum absolute atomic E-state index is 0.177. The van der Waals surface area contributed by atoms with Crippen LogP contribution in [0.1, 0.15) is 22.5 Å². The van der Waals surface area contributed by atoms with Crippen molar-refractivity contribution in [2.75, 3.05) is 20.2 Å². The highest BCUT2D eigenvalue weighted by Crippen LogP contribution is 2.15. The van der Waals surface area contributed by atoms with Gasteiger partial charge in [0.05, 0.1) is 16.7 Å². The van der Waals surface area contributed by atoms with E-state index in [0.29, 0.717) is 25.4 Å². The van der Waals surface area contributed by atoms with Gasteiger partial charge in [0.15, 0.2) is 0 Å². The van der Waals surface area contributed by atoms with Crippen molar-refractivity contribution in [1.29, 1.82) is 0 Å². The molecular formula is C16H19FN2O5S. The van der Waals surface area contributed by atoms with E-state index in [2.05, 4.69) is 10.0 Å². The Morgan fingerprint density at radius 1 is 1.32 bits per heavy atom. The van der Waals surface area contributed by atoms with Crippen LogP contribution in [-0.2, 0) is 21.4 Å². The molecule has 0 radical (unpaired) electrons. The van der Waals surface area contributed by atoms with Crippen molar-refractivity contribution in [3.8, 4) is 0 Å². The second-order valence-electron chi connectivity index (χ2n) is 5.09. The molecule has 1 aromatic carbocycles. The molecular weight excluding hydrogens is 351 g/mol. The van der Waals surface area contributed by atoms with E-state index < -0.39 is 21.7 Å². The lowest BCUT2D eigenvalue weighted by molar-refractivity contribution is 0.0913. The highest BCUT2D eigenvalue weighted by molar-refractivity contribution is 7.89. The lowest BCUT2D eigenvalue weighted by atomic mass is 10.2. The number of rotatable bonds is 9. The summed E-state index contributed by atoms with van der Waals surface area (Å²) in [6.07, 6.45) is 2.07. The predicted octanol–water partition coefficient (Wildman–Crippen LogP) is 1.66. The Bertz CT molecular complexity index is 806. The van der Waals surface area contributed by atoms with Gasteiger partial charge in [0.1, 0.15) is 18.2 Å². The highest BCUT2D eigenvalue weighted by atomic mass is 32.2. The number of hydrogen-bond acceptors (Lipinski definition) is 5. The summed E-state index contributed by atoms with van der Waals surface area (Å²) in [5, 5.41) is 2.53. The maximum Gasteiger partial charge on any atom is 0.254 e. The fraction of sp³-hybridized carbons (Fsp3) is 0.312. The first-order chi connectivity index (χ1) is 11.9. The molecule has 0 atom stereocenters. The van der Waals surface area contributed by atoms with E-state index in [1.54, 1.807) is 18.4 Å². The first kappa shape index (κ1) is 19.1. The number of carbonyl (C=O) groups is 1. The summed E-state index contributed by atoms with van der Waals surface area (Å²) in [6, 6.07) is 6.60. The molecule has 1 amide bonds.